The van der Waals surface area contributed by atoms with Crippen LogP contribution in [0.3, 0.4) is 0 Å². The normalized spacial score (nSPS) is 11.4. The Balaban J connectivity index is 2.43. The van der Waals surface area contributed by atoms with Gasteiger partial charge < -0.3 is 10.3 Å². The zero-order chi connectivity index (χ0) is 13.3. The molecule has 0 unspecified atom stereocenters. The molecule has 0 amide bonds. The number of rotatable bonds is 3. The van der Waals surface area contributed by atoms with Crippen molar-refractivity contribution in [1.82, 2.24) is 14.5 Å². The van der Waals surface area contributed by atoms with Crippen LogP contribution in [0.25, 0.3) is 0 Å². The number of nitrogens with zero attached hydrogens (tertiary/aromatic N) is 3. The molecule has 0 saturated heterocycles. The minimum Gasteiger partial charge on any atom is -0.381 e. The fourth-order valence-corrected chi connectivity index (χ4v) is 2.91. The fraction of sp³-hybridized carbons (Fsp3) is 0.200. The van der Waals surface area contributed by atoms with Crippen molar-refractivity contribution in [2.75, 3.05) is 10.5 Å². The first-order chi connectivity index (χ1) is 8.42. The number of anilines is 2. The summed E-state index contributed by atoms with van der Waals surface area (Å²) in [5.74, 6) is -0.0308. The van der Waals surface area contributed by atoms with Gasteiger partial charge in [0.05, 0.1) is 12.0 Å². The Morgan fingerprint density at radius 2 is 2.17 bits per heavy atom. The van der Waals surface area contributed by atoms with E-state index < -0.39 is 10.0 Å². The second kappa shape index (κ2) is 4.30. The number of hydrogen-bond acceptors (Lipinski definition) is 5. The van der Waals surface area contributed by atoms with Crippen LogP contribution >= 0.6 is 0 Å². The highest BCUT2D eigenvalue weighted by molar-refractivity contribution is 7.92. The van der Waals surface area contributed by atoms with E-state index in [1.807, 2.05) is 0 Å². The first-order valence-corrected chi connectivity index (χ1v) is 6.60. The minimum absolute atomic E-state index is 0.0308. The third-order valence-corrected chi connectivity index (χ3v) is 3.92. The van der Waals surface area contributed by atoms with Gasteiger partial charge in [-0.1, -0.05) is 0 Å². The molecule has 0 bridgehead atoms. The van der Waals surface area contributed by atoms with Gasteiger partial charge in [-0.2, -0.15) is 8.42 Å². The Bertz CT molecular complexity index is 658. The number of sulfonamides is 1. The molecule has 96 valence electrons. The molecule has 8 heteroatoms. The number of nitrogen functional groups attached to an aromatic ring is 1. The van der Waals surface area contributed by atoms with Gasteiger partial charge in [0, 0.05) is 19.4 Å². The monoisotopic (exact) mass is 267 g/mol. The lowest BCUT2D eigenvalue weighted by molar-refractivity contribution is 0.592. The molecule has 0 aromatic carbocycles. The summed E-state index contributed by atoms with van der Waals surface area (Å²) in [5, 5.41) is -0.0567. The molecule has 0 atom stereocenters. The molecule has 0 radical (unpaired) electrons. The first kappa shape index (κ1) is 12.4. The summed E-state index contributed by atoms with van der Waals surface area (Å²) in [5.41, 5.74) is 6.74. The summed E-state index contributed by atoms with van der Waals surface area (Å²) in [4.78, 5) is 7.65. The Labute approximate surface area is 105 Å². The predicted molar refractivity (Wildman–Crippen MR) is 67.4 cm³/mol. The van der Waals surface area contributed by atoms with Gasteiger partial charge in [-0.15, -0.1) is 0 Å². The number of imidazole rings is 1. The van der Waals surface area contributed by atoms with Crippen LogP contribution in [0.1, 0.15) is 5.56 Å². The Hall–Kier alpha value is -2.09. The van der Waals surface area contributed by atoms with Crippen LogP contribution < -0.4 is 10.5 Å². The molecule has 7 nitrogen and oxygen atoms in total. The van der Waals surface area contributed by atoms with Crippen molar-refractivity contribution in [3.63, 3.8) is 0 Å². The van der Waals surface area contributed by atoms with Crippen LogP contribution in [0, 0.1) is 6.92 Å². The maximum Gasteiger partial charge on any atom is 0.281 e. The second-order valence-corrected chi connectivity index (χ2v) is 5.44. The molecule has 3 N–H and O–H groups in total. The molecule has 2 aromatic heterocycles. The molecule has 2 rings (SSSR count). The van der Waals surface area contributed by atoms with Crippen LogP contribution in [0.5, 0.6) is 0 Å². The minimum atomic E-state index is -3.76. The zero-order valence-corrected chi connectivity index (χ0v) is 10.8. The molecule has 0 aliphatic rings. The average molecular weight is 267 g/mol. The summed E-state index contributed by atoms with van der Waals surface area (Å²) in [7, 11) is -2.19. The molecular weight excluding hydrogens is 254 g/mol. The molecular formula is C10H13N5O2S. The van der Waals surface area contributed by atoms with E-state index in [1.54, 1.807) is 26.2 Å². The standard InChI is InChI=1S/C10H13N5O2S/c1-7-5-12-4-3-8(7)14-18(16,17)10-9(11)13-6-15(10)2/h3-6H,11H2,1-2H3,(H,12,14). The Morgan fingerprint density at radius 1 is 1.44 bits per heavy atom. The van der Waals surface area contributed by atoms with Crippen LogP contribution in [0.2, 0.25) is 0 Å². The number of aryl methyl sites for hydroxylation is 2. The van der Waals surface area contributed by atoms with E-state index in [-0.39, 0.29) is 10.8 Å². The molecule has 2 aromatic rings. The van der Waals surface area contributed by atoms with Crippen molar-refractivity contribution < 1.29 is 8.42 Å². The van der Waals surface area contributed by atoms with Gasteiger partial charge in [0.15, 0.2) is 10.8 Å². The van der Waals surface area contributed by atoms with E-state index in [9.17, 15) is 8.42 Å². The van der Waals surface area contributed by atoms with Gasteiger partial charge >= 0.3 is 0 Å². The SMILES string of the molecule is Cc1cnccc1NS(=O)(=O)c1c(N)ncn1C. The Kier molecular flexibility index (Phi) is 2.95. The first-order valence-electron chi connectivity index (χ1n) is 5.12. The largest absolute Gasteiger partial charge is 0.381 e. The van der Waals surface area contributed by atoms with E-state index in [1.165, 1.54) is 17.1 Å². The molecule has 0 saturated carbocycles. The lowest BCUT2D eigenvalue weighted by atomic mass is 10.3. The van der Waals surface area contributed by atoms with Gasteiger partial charge in [-0.05, 0) is 18.6 Å². The highest BCUT2D eigenvalue weighted by Crippen LogP contribution is 2.21. The van der Waals surface area contributed by atoms with E-state index in [2.05, 4.69) is 14.7 Å². The van der Waals surface area contributed by atoms with Crippen molar-refractivity contribution in [3.8, 4) is 0 Å². The van der Waals surface area contributed by atoms with Crippen molar-refractivity contribution in [2.24, 2.45) is 7.05 Å². The van der Waals surface area contributed by atoms with Gasteiger partial charge in [0.2, 0.25) is 0 Å². The third kappa shape index (κ3) is 2.14. The Morgan fingerprint density at radius 3 is 2.72 bits per heavy atom. The molecule has 18 heavy (non-hydrogen) atoms. The summed E-state index contributed by atoms with van der Waals surface area (Å²) < 4.78 is 28.2. The van der Waals surface area contributed by atoms with Gasteiger partial charge in [-0.3, -0.25) is 9.71 Å². The van der Waals surface area contributed by atoms with Crippen LogP contribution in [-0.4, -0.2) is 23.0 Å². The van der Waals surface area contributed by atoms with E-state index in [0.717, 1.165) is 5.56 Å². The zero-order valence-electron chi connectivity index (χ0n) is 9.95. The van der Waals surface area contributed by atoms with Gasteiger partial charge in [0.25, 0.3) is 10.0 Å². The fourth-order valence-electron chi connectivity index (χ4n) is 1.55. The number of pyridine rings is 1. The number of aromatic nitrogens is 3. The molecule has 0 aliphatic carbocycles. The number of nitrogens with two attached hydrogens (primary N) is 1. The van der Waals surface area contributed by atoms with Crippen molar-refractivity contribution in [1.29, 1.82) is 0 Å². The quantitative estimate of drug-likeness (QED) is 0.843. The van der Waals surface area contributed by atoms with E-state index in [4.69, 9.17) is 5.73 Å². The van der Waals surface area contributed by atoms with E-state index in [0.29, 0.717) is 5.69 Å². The van der Waals surface area contributed by atoms with Crippen LogP contribution in [0.15, 0.2) is 29.8 Å². The molecule has 0 aliphatic heterocycles. The summed E-state index contributed by atoms with van der Waals surface area (Å²) >= 11 is 0. The summed E-state index contributed by atoms with van der Waals surface area (Å²) in [6.07, 6.45) is 4.44. The number of hydrogen-bond donors (Lipinski definition) is 2. The topological polar surface area (TPSA) is 103 Å². The molecule has 0 spiro atoms. The molecule has 2 heterocycles. The van der Waals surface area contributed by atoms with Crippen molar-refractivity contribution in [2.45, 2.75) is 11.9 Å². The van der Waals surface area contributed by atoms with Crippen LogP contribution in [0.4, 0.5) is 11.5 Å². The average Bonchev–Trinajstić information content (AvgIpc) is 2.62. The van der Waals surface area contributed by atoms with Crippen molar-refractivity contribution in [3.05, 3.63) is 30.4 Å². The highest BCUT2D eigenvalue weighted by atomic mass is 32.2. The lowest BCUT2D eigenvalue weighted by Gasteiger charge is -2.10. The highest BCUT2D eigenvalue weighted by Gasteiger charge is 2.22. The van der Waals surface area contributed by atoms with E-state index >= 15 is 0 Å². The third-order valence-electron chi connectivity index (χ3n) is 2.43. The van der Waals surface area contributed by atoms with Gasteiger partial charge in [-0.25, -0.2) is 4.98 Å². The maximum atomic E-state index is 12.2. The summed E-state index contributed by atoms with van der Waals surface area (Å²) in [6.45, 7) is 1.76. The molecule has 0 fully saturated rings. The van der Waals surface area contributed by atoms with Gasteiger partial charge in [0.1, 0.15) is 0 Å². The van der Waals surface area contributed by atoms with Crippen molar-refractivity contribution >= 4 is 21.5 Å². The second-order valence-electron chi connectivity index (χ2n) is 3.84. The maximum absolute atomic E-state index is 12.2. The number of nitrogens with one attached hydrogen (secondary N) is 1. The lowest BCUT2D eigenvalue weighted by Crippen LogP contribution is -2.18. The predicted octanol–water partition coefficient (Wildman–Crippen LogP) is 0.507. The van der Waals surface area contributed by atoms with Crippen LogP contribution in [-0.2, 0) is 17.1 Å². The summed E-state index contributed by atoms with van der Waals surface area (Å²) in [6, 6.07) is 1.58. The smallest absolute Gasteiger partial charge is 0.281 e.